The van der Waals surface area contributed by atoms with Crippen LogP contribution < -0.4 is 5.73 Å². The number of aliphatic hydroxyl groups is 1. The fourth-order valence-corrected chi connectivity index (χ4v) is 2.24. The molecule has 94 valence electrons. The first-order valence-electron chi connectivity index (χ1n) is 5.73. The van der Waals surface area contributed by atoms with E-state index in [1.165, 1.54) is 4.68 Å². The number of hydrogen-bond donors (Lipinski definition) is 2. The van der Waals surface area contributed by atoms with Gasteiger partial charge in [-0.15, -0.1) is 0 Å². The summed E-state index contributed by atoms with van der Waals surface area (Å²) in [5, 5.41) is 13.2. The number of nitrogen functional groups attached to an aromatic ring is 1. The van der Waals surface area contributed by atoms with Gasteiger partial charge in [0, 0.05) is 32.7 Å². The molecule has 1 atom stereocenters. The number of carbonyl (C=O) groups excluding carboxylic acids is 1. The van der Waals surface area contributed by atoms with Gasteiger partial charge in [0.15, 0.2) is 0 Å². The standard InChI is InChI=1S/C11H18N4O2/c1-7-9(12)10(14(2)13-7)11(17)15-4-3-8(5-15)6-16/h8,16H,3-6,12H2,1-2H3. The molecule has 1 unspecified atom stereocenters. The summed E-state index contributed by atoms with van der Waals surface area (Å²) < 4.78 is 1.53. The zero-order valence-electron chi connectivity index (χ0n) is 10.2. The minimum Gasteiger partial charge on any atom is -0.396 e. The molecular weight excluding hydrogens is 220 g/mol. The Kier molecular flexibility index (Phi) is 3.06. The summed E-state index contributed by atoms with van der Waals surface area (Å²) in [4.78, 5) is 14.0. The summed E-state index contributed by atoms with van der Waals surface area (Å²) >= 11 is 0. The maximum absolute atomic E-state index is 12.3. The van der Waals surface area contributed by atoms with Gasteiger partial charge < -0.3 is 15.7 Å². The van der Waals surface area contributed by atoms with Gasteiger partial charge in [-0.25, -0.2) is 0 Å². The first-order chi connectivity index (χ1) is 8.04. The highest BCUT2D eigenvalue weighted by Gasteiger charge is 2.29. The molecule has 1 amide bonds. The molecular formula is C11H18N4O2. The van der Waals surface area contributed by atoms with Gasteiger partial charge in [-0.05, 0) is 13.3 Å². The molecule has 6 heteroatoms. The molecule has 1 fully saturated rings. The van der Waals surface area contributed by atoms with Gasteiger partial charge in [0.1, 0.15) is 5.69 Å². The van der Waals surface area contributed by atoms with Crippen LogP contribution >= 0.6 is 0 Å². The average molecular weight is 238 g/mol. The Balaban J connectivity index is 2.20. The molecule has 1 aliphatic heterocycles. The van der Waals surface area contributed by atoms with Crippen molar-refractivity contribution in [1.29, 1.82) is 0 Å². The third-order valence-corrected chi connectivity index (χ3v) is 3.30. The van der Waals surface area contributed by atoms with Crippen LogP contribution in [-0.4, -0.2) is 45.4 Å². The minimum absolute atomic E-state index is 0.0958. The number of aryl methyl sites for hydroxylation is 2. The second kappa shape index (κ2) is 4.37. The van der Waals surface area contributed by atoms with Crippen LogP contribution in [0.25, 0.3) is 0 Å². The predicted molar refractivity (Wildman–Crippen MR) is 63.5 cm³/mol. The number of carbonyl (C=O) groups is 1. The third kappa shape index (κ3) is 2.00. The molecule has 2 heterocycles. The van der Waals surface area contributed by atoms with Crippen molar-refractivity contribution in [1.82, 2.24) is 14.7 Å². The smallest absolute Gasteiger partial charge is 0.274 e. The molecule has 0 aromatic carbocycles. The minimum atomic E-state index is -0.0958. The number of anilines is 1. The number of rotatable bonds is 2. The Morgan fingerprint density at radius 2 is 2.35 bits per heavy atom. The lowest BCUT2D eigenvalue weighted by Crippen LogP contribution is -2.31. The summed E-state index contributed by atoms with van der Waals surface area (Å²) in [6.45, 7) is 3.18. The van der Waals surface area contributed by atoms with Crippen LogP contribution in [0, 0.1) is 12.8 Å². The van der Waals surface area contributed by atoms with E-state index in [1.54, 1.807) is 18.9 Å². The fraction of sp³-hybridized carbons (Fsp3) is 0.636. The van der Waals surface area contributed by atoms with E-state index in [0.29, 0.717) is 30.2 Å². The monoisotopic (exact) mass is 238 g/mol. The second-order valence-electron chi connectivity index (χ2n) is 4.56. The van der Waals surface area contributed by atoms with E-state index in [0.717, 1.165) is 6.42 Å². The Morgan fingerprint density at radius 1 is 1.65 bits per heavy atom. The quantitative estimate of drug-likeness (QED) is 0.745. The fourth-order valence-electron chi connectivity index (χ4n) is 2.24. The van der Waals surface area contributed by atoms with Gasteiger partial charge in [0.2, 0.25) is 0 Å². The van der Waals surface area contributed by atoms with E-state index in [4.69, 9.17) is 10.8 Å². The molecule has 0 saturated carbocycles. The average Bonchev–Trinajstić information content (AvgIpc) is 2.85. The normalized spacial score (nSPS) is 19.9. The van der Waals surface area contributed by atoms with E-state index in [9.17, 15) is 4.79 Å². The van der Waals surface area contributed by atoms with Crippen molar-refractivity contribution in [2.24, 2.45) is 13.0 Å². The molecule has 2 rings (SSSR count). The van der Waals surface area contributed by atoms with Crippen LogP contribution in [0.5, 0.6) is 0 Å². The third-order valence-electron chi connectivity index (χ3n) is 3.30. The first-order valence-corrected chi connectivity index (χ1v) is 5.73. The lowest BCUT2D eigenvalue weighted by Gasteiger charge is -2.16. The van der Waals surface area contributed by atoms with Gasteiger partial charge in [0.25, 0.3) is 5.91 Å². The summed E-state index contributed by atoms with van der Waals surface area (Å²) in [7, 11) is 1.72. The van der Waals surface area contributed by atoms with Crippen molar-refractivity contribution in [3.05, 3.63) is 11.4 Å². The Hall–Kier alpha value is -1.56. The highest BCUT2D eigenvalue weighted by Crippen LogP contribution is 2.22. The maximum Gasteiger partial charge on any atom is 0.274 e. The molecule has 1 aromatic rings. The van der Waals surface area contributed by atoms with Gasteiger partial charge >= 0.3 is 0 Å². The Bertz CT molecular complexity index is 441. The number of likely N-dealkylation sites (tertiary alicyclic amines) is 1. The molecule has 1 aliphatic rings. The molecule has 6 nitrogen and oxygen atoms in total. The zero-order valence-corrected chi connectivity index (χ0v) is 10.2. The van der Waals surface area contributed by atoms with Gasteiger partial charge in [0.05, 0.1) is 11.4 Å². The highest BCUT2D eigenvalue weighted by atomic mass is 16.3. The van der Waals surface area contributed by atoms with Crippen molar-refractivity contribution in [2.75, 3.05) is 25.4 Å². The first kappa shape index (κ1) is 11.9. The van der Waals surface area contributed by atoms with Gasteiger partial charge in [-0.2, -0.15) is 5.10 Å². The van der Waals surface area contributed by atoms with E-state index in [1.807, 2.05) is 0 Å². The molecule has 3 N–H and O–H groups in total. The number of amides is 1. The SMILES string of the molecule is Cc1nn(C)c(C(=O)N2CCC(CO)C2)c1N. The van der Waals surface area contributed by atoms with Crippen LogP contribution in [0.2, 0.25) is 0 Å². The van der Waals surface area contributed by atoms with E-state index in [-0.39, 0.29) is 18.4 Å². The maximum atomic E-state index is 12.3. The van der Waals surface area contributed by atoms with Gasteiger partial charge in [-0.1, -0.05) is 0 Å². The van der Waals surface area contributed by atoms with Crippen molar-refractivity contribution >= 4 is 11.6 Å². The summed E-state index contributed by atoms with van der Waals surface area (Å²) in [5.74, 6) is 0.0936. The zero-order chi connectivity index (χ0) is 12.6. The largest absolute Gasteiger partial charge is 0.396 e. The van der Waals surface area contributed by atoms with Crippen LogP contribution in [0.15, 0.2) is 0 Å². The van der Waals surface area contributed by atoms with Crippen molar-refractivity contribution in [2.45, 2.75) is 13.3 Å². The summed E-state index contributed by atoms with van der Waals surface area (Å²) in [5.41, 5.74) is 7.43. The van der Waals surface area contributed by atoms with E-state index < -0.39 is 0 Å². The van der Waals surface area contributed by atoms with E-state index >= 15 is 0 Å². The number of nitrogens with two attached hydrogens (primary N) is 1. The van der Waals surface area contributed by atoms with Crippen LogP contribution in [0.1, 0.15) is 22.6 Å². The molecule has 0 bridgehead atoms. The predicted octanol–water partition coefficient (Wildman–Crippen LogP) is -0.235. The molecule has 1 saturated heterocycles. The van der Waals surface area contributed by atoms with Crippen molar-refractivity contribution in [3.8, 4) is 0 Å². The molecule has 0 aliphatic carbocycles. The lowest BCUT2D eigenvalue weighted by molar-refractivity contribution is 0.0772. The van der Waals surface area contributed by atoms with Crippen LogP contribution in [0.3, 0.4) is 0 Å². The summed E-state index contributed by atoms with van der Waals surface area (Å²) in [6.07, 6.45) is 0.846. The molecule has 1 aromatic heterocycles. The number of aliphatic hydroxyl groups excluding tert-OH is 1. The molecule has 0 spiro atoms. The van der Waals surface area contributed by atoms with Crippen LogP contribution in [-0.2, 0) is 7.05 Å². The van der Waals surface area contributed by atoms with Crippen molar-refractivity contribution < 1.29 is 9.90 Å². The van der Waals surface area contributed by atoms with E-state index in [2.05, 4.69) is 5.10 Å². The lowest BCUT2D eigenvalue weighted by atomic mass is 10.1. The Morgan fingerprint density at radius 3 is 2.82 bits per heavy atom. The number of nitrogens with zero attached hydrogens (tertiary/aromatic N) is 3. The van der Waals surface area contributed by atoms with Crippen molar-refractivity contribution in [3.63, 3.8) is 0 Å². The molecule has 0 radical (unpaired) electrons. The topological polar surface area (TPSA) is 84.4 Å². The number of hydrogen-bond acceptors (Lipinski definition) is 4. The molecule has 17 heavy (non-hydrogen) atoms. The summed E-state index contributed by atoms with van der Waals surface area (Å²) in [6, 6.07) is 0. The van der Waals surface area contributed by atoms with Gasteiger partial charge in [-0.3, -0.25) is 9.48 Å². The highest BCUT2D eigenvalue weighted by molar-refractivity contribution is 5.98. The number of aromatic nitrogens is 2. The van der Waals surface area contributed by atoms with Crippen LogP contribution in [0.4, 0.5) is 5.69 Å². The Labute approximate surface area is 100 Å². The second-order valence-corrected chi connectivity index (χ2v) is 4.56.